The second-order valence-electron chi connectivity index (χ2n) is 2.81. The van der Waals surface area contributed by atoms with Gasteiger partial charge in [-0.1, -0.05) is 12.1 Å². The summed E-state index contributed by atoms with van der Waals surface area (Å²) in [5, 5.41) is 2.13. The third-order valence-corrected chi connectivity index (χ3v) is 1.82. The molecule has 1 aromatic rings. The van der Waals surface area contributed by atoms with E-state index in [-0.39, 0.29) is 5.56 Å². The van der Waals surface area contributed by atoms with Crippen molar-refractivity contribution in [1.82, 2.24) is 5.32 Å². The van der Waals surface area contributed by atoms with E-state index in [2.05, 4.69) is 5.32 Å². The van der Waals surface area contributed by atoms with Crippen molar-refractivity contribution in [3.05, 3.63) is 35.6 Å². The summed E-state index contributed by atoms with van der Waals surface area (Å²) in [5.41, 5.74) is 0.00130. The van der Waals surface area contributed by atoms with Crippen LogP contribution in [0.2, 0.25) is 0 Å². The minimum Gasteiger partial charge on any atom is -0.306 e. The van der Waals surface area contributed by atoms with Crippen LogP contribution >= 0.6 is 0 Å². The van der Waals surface area contributed by atoms with Gasteiger partial charge in [0.15, 0.2) is 0 Å². The fraction of sp³-hybridized carbons (Fsp3) is 0.333. The quantitative estimate of drug-likeness (QED) is 0.735. The van der Waals surface area contributed by atoms with Crippen LogP contribution in [-0.2, 0) is 0 Å². The maximum Gasteiger partial charge on any atom is 0.407 e. The fourth-order valence-electron chi connectivity index (χ4n) is 1.17. The standard InChI is InChI=1S/C9H9F4N/c1-14-8(9(11,12)13)6-2-4-7(10)5-3-6/h2-5,8,14H,1H3/t8-/m1/s1. The lowest BCUT2D eigenvalue weighted by Gasteiger charge is -2.19. The van der Waals surface area contributed by atoms with Crippen LogP contribution in [0.4, 0.5) is 17.6 Å². The van der Waals surface area contributed by atoms with E-state index in [1.165, 1.54) is 7.05 Å². The summed E-state index contributed by atoms with van der Waals surface area (Å²) in [4.78, 5) is 0. The molecule has 1 nitrogen and oxygen atoms in total. The number of hydrogen-bond donors (Lipinski definition) is 1. The Morgan fingerprint density at radius 2 is 1.64 bits per heavy atom. The second kappa shape index (κ2) is 3.96. The van der Waals surface area contributed by atoms with Gasteiger partial charge >= 0.3 is 6.18 Å². The van der Waals surface area contributed by atoms with Crippen LogP contribution in [0, 0.1) is 5.82 Å². The van der Waals surface area contributed by atoms with Crippen molar-refractivity contribution in [3.8, 4) is 0 Å². The molecular formula is C9H9F4N. The summed E-state index contributed by atoms with van der Waals surface area (Å²) in [7, 11) is 1.21. The van der Waals surface area contributed by atoms with Crippen LogP contribution in [0.5, 0.6) is 0 Å². The van der Waals surface area contributed by atoms with Gasteiger partial charge in [0.05, 0.1) is 0 Å². The maximum atomic E-state index is 12.4. The molecule has 0 aliphatic rings. The first-order valence-electron chi connectivity index (χ1n) is 3.94. The van der Waals surface area contributed by atoms with E-state index in [9.17, 15) is 17.6 Å². The topological polar surface area (TPSA) is 12.0 Å². The molecule has 0 fully saturated rings. The van der Waals surface area contributed by atoms with Crippen LogP contribution in [0.25, 0.3) is 0 Å². The second-order valence-corrected chi connectivity index (χ2v) is 2.81. The Morgan fingerprint density at radius 1 is 1.14 bits per heavy atom. The monoisotopic (exact) mass is 207 g/mol. The summed E-state index contributed by atoms with van der Waals surface area (Å²) in [6.45, 7) is 0. The minimum absolute atomic E-state index is 0.00130. The summed E-state index contributed by atoms with van der Waals surface area (Å²) < 4.78 is 49.5. The Morgan fingerprint density at radius 3 is 2.00 bits per heavy atom. The molecule has 78 valence electrons. The van der Waals surface area contributed by atoms with Crippen LogP contribution in [0.1, 0.15) is 11.6 Å². The van der Waals surface area contributed by atoms with Gasteiger partial charge < -0.3 is 5.32 Å². The highest BCUT2D eigenvalue weighted by Gasteiger charge is 2.39. The summed E-state index contributed by atoms with van der Waals surface area (Å²) in [6, 6.07) is 2.49. The van der Waals surface area contributed by atoms with Crippen molar-refractivity contribution in [2.75, 3.05) is 7.05 Å². The summed E-state index contributed by atoms with van der Waals surface area (Å²) in [6.07, 6.45) is -4.37. The fourth-order valence-corrected chi connectivity index (χ4v) is 1.17. The molecule has 1 atom stereocenters. The molecule has 0 saturated heterocycles. The van der Waals surface area contributed by atoms with Crippen molar-refractivity contribution < 1.29 is 17.6 Å². The molecule has 5 heteroatoms. The number of halogens is 4. The summed E-state index contributed by atoms with van der Waals surface area (Å²) in [5.74, 6) is -0.550. The molecule has 1 N–H and O–H groups in total. The molecule has 0 aliphatic heterocycles. The molecule has 0 saturated carbocycles. The highest BCUT2D eigenvalue weighted by molar-refractivity contribution is 5.21. The smallest absolute Gasteiger partial charge is 0.306 e. The van der Waals surface area contributed by atoms with Crippen LogP contribution < -0.4 is 5.32 Å². The Labute approximate surface area is 78.7 Å². The SMILES string of the molecule is CN[C@H](c1ccc(F)cc1)C(F)(F)F. The van der Waals surface area contributed by atoms with Gasteiger partial charge in [-0.05, 0) is 24.7 Å². The van der Waals surface area contributed by atoms with Gasteiger partial charge in [0.2, 0.25) is 0 Å². The number of hydrogen-bond acceptors (Lipinski definition) is 1. The van der Waals surface area contributed by atoms with Crippen molar-refractivity contribution in [3.63, 3.8) is 0 Å². The molecule has 1 aromatic carbocycles. The highest BCUT2D eigenvalue weighted by Crippen LogP contribution is 2.32. The molecule has 0 bridgehead atoms. The number of benzene rings is 1. The first-order valence-corrected chi connectivity index (χ1v) is 3.94. The Bertz CT molecular complexity index is 291. The van der Waals surface area contributed by atoms with Gasteiger partial charge in [0, 0.05) is 0 Å². The van der Waals surface area contributed by atoms with Crippen LogP contribution in [0.15, 0.2) is 24.3 Å². The van der Waals surface area contributed by atoms with E-state index >= 15 is 0 Å². The van der Waals surface area contributed by atoms with Gasteiger partial charge in [0.1, 0.15) is 11.9 Å². The van der Waals surface area contributed by atoms with E-state index in [0.29, 0.717) is 0 Å². The number of rotatable bonds is 2. The zero-order valence-electron chi connectivity index (χ0n) is 7.40. The van der Waals surface area contributed by atoms with Crippen molar-refractivity contribution in [2.24, 2.45) is 0 Å². The van der Waals surface area contributed by atoms with Gasteiger partial charge in [-0.15, -0.1) is 0 Å². The van der Waals surface area contributed by atoms with Crippen molar-refractivity contribution in [1.29, 1.82) is 0 Å². The number of alkyl halides is 3. The highest BCUT2D eigenvalue weighted by atomic mass is 19.4. The first kappa shape index (κ1) is 11.0. The lowest BCUT2D eigenvalue weighted by atomic mass is 10.1. The lowest BCUT2D eigenvalue weighted by Crippen LogP contribution is -2.31. The molecule has 0 radical (unpaired) electrons. The molecule has 0 spiro atoms. The molecule has 14 heavy (non-hydrogen) atoms. The Hall–Kier alpha value is -1.10. The third kappa shape index (κ3) is 2.45. The van der Waals surface area contributed by atoms with Gasteiger partial charge in [0.25, 0.3) is 0 Å². The van der Waals surface area contributed by atoms with Gasteiger partial charge in [-0.2, -0.15) is 13.2 Å². The van der Waals surface area contributed by atoms with E-state index in [0.717, 1.165) is 24.3 Å². The minimum atomic E-state index is -4.37. The average molecular weight is 207 g/mol. The number of nitrogens with one attached hydrogen (secondary N) is 1. The Kier molecular flexibility index (Phi) is 3.10. The zero-order chi connectivity index (χ0) is 10.8. The predicted octanol–water partition coefficient (Wildman–Crippen LogP) is 2.65. The molecule has 0 amide bonds. The normalized spacial score (nSPS) is 14.1. The van der Waals surface area contributed by atoms with Crippen molar-refractivity contribution in [2.45, 2.75) is 12.2 Å². The van der Waals surface area contributed by atoms with E-state index in [1.54, 1.807) is 0 Å². The Balaban J connectivity index is 2.96. The van der Waals surface area contributed by atoms with E-state index in [4.69, 9.17) is 0 Å². The molecule has 0 aliphatic carbocycles. The van der Waals surface area contributed by atoms with Crippen LogP contribution in [-0.4, -0.2) is 13.2 Å². The third-order valence-electron chi connectivity index (χ3n) is 1.82. The van der Waals surface area contributed by atoms with Gasteiger partial charge in [-0.25, -0.2) is 4.39 Å². The lowest BCUT2D eigenvalue weighted by molar-refractivity contribution is -0.156. The van der Waals surface area contributed by atoms with Gasteiger partial charge in [-0.3, -0.25) is 0 Å². The van der Waals surface area contributed by atoms with E-state index < -0.39 is 18.0 Å². The molecule has 0 heterocycles. The average Bonchev–Trinajstić information content (AvgIpc) is 2.07. The zero-order valence-corrected chi connectivity index (χ0v) is 7.40. The first-order chi connectivity index (χ1) is 6.45. The van der Waals surface area contributed by atoms with E-state index in [1.807, 2.05) is 0 Å². The van der Waals surface area contributed by atoms with Crippen molar-refractivity contribution >= 4 is 0 Å². The maximum absolute atomic E-state index is 12.4. The summed E-state index contributed by atoms with van der Waals surface area (Å²) >= 11 is 0. The van der Waals surface area contributed by atoms with Crippen LogP contribution in [0.3, 0.4) is 0 Å². The molecule has 0 unspecified atom stereocenters. The predicted molar refractivity (Wildman–Crippen MR) is 44.3 cm³/mol. The molecular weight excluding hydrogens is 198 g/mol. The largest absolute Gasteiger partial charge is 0.407 e. The molecule has 0 aromatic heterocycles. The molecule has 1 rings (SSSR count).